The van der Waals surface area contributed by atoms with Crippen molar-refractivity contribution in [3.8, 4) is 0 Å². The second kappa shape index (κ2) is 6.53. The molecule has 1 aromatic carbocycles. The van der Waals surface area contributed by atoms with Crippen molar-refractivity contribution in [3.05, 3.63) is 22.2 Å². The van der Waals surface area contributed by atoms with Crippen molar-refractivity contribution in [1.29, 1.82) is 0 Å². The van der Waals surface area contributed by atoms with Crippen molar-refractivity contribution < 1.29 is 0 Å². The number of nitrogens with two attached hydrogens (primary N) is 1. The minimum absolute atomic E-state index is 0.549. The second-order valence-electron chi connectivity index (χ2n) is 5.53. The highest BCUT2D eigenvalue weighted by Crippen LogP contribution is 2.36. The maximum atomic E-state index is 6.29. The Labute approximate surface area is 120 Å². The van der Waals surface area contributed by atoms with Crippen LogP contribution in [0.4, 0.5) is 11.4 Å². The van der Waals surface area contributed by atoms with Gasteiger partial charge in [0.15, 0.2) is 0 Å². The highest BCUT2D eigenvalue weighted by atomic mass is 35.5. The number of halogens is 2. The molecule has 0 unspecified atom stereocenters. The normalized spacial score (nSPS) is 11.3. The molecule has 102 valence electrons. The van der Waals surface area contributed by atoms with E-state index in [1.165, 1.54) is 0 Å². The minimum atomic E-state index is 0.549. The molecule has 18 heavy (non-hydrogen) atoms. The summed E-state index contributed by atoms with van der Waals surface area (Å²) in [6.45, 7) is 10.6. The van der Waals surface area contributed by atoms with Crippen LogP contribution in [0.5, 0.6) is 0 Å². The van der Waals surface area contributed by atoms with Crippen LogP contribution < -0.4 is 10.6 Å². The maximum absolute atomic E-state index is 6.29. The molecule has 0 bridgehead atoms. The lowest BCUT2D eigenvalue weighted by Crippen LogP contribution is -2.31. The van der Waals surface area contributed by atoms with Gasteiger partial charge in [0.25, 0.3) is 0 Å². The molecule has 2 N–H and O–H groups in total. The molecule has 0 saturated carbocycles. The molecular weight excluding hydrogens is 267 g/mol. The van der Waals surface area contributed by atoms with Gasteiger partial charge in [0.05, 0.1) is 15.7 Å². The first kappa shape index (κ1) is 15.5. The Balaban J connectivity index is 3.11. The van der Waals surface area contributed by atoms with E-state index in [1.807, 2.05) is 0 Å². The third-order valence-electron chi connectivity index (χ3n) is 2.53. The van der Waals surface area contributed by atoms with Crippen molar-refractivity contribution in [2.45, 2.75) is 27.7 Å². The Hall–Kier alpha value is -0.600. The van der Waals surface area contributed by atoms with Crippen molar-refractivity contribution in [2.24, 2.45) is 11.8 Å². The molecule has 0 saturated heterocycles. The monoisotopic (exact) mass is 288 g/mol. The first-order valence-electron chi connectivity index (χ1n) is 6.30. The van der Waals surface area contributed by atoms with E-state index in [1.54, 1.807) is 12.1 Å². The topological polar surface area (TPSA) is 29.3 Å². The van der Waals surface area contributed by atoms with E-state index >= 15 is 0 Å². The fourth-order valence-electron chi connectivity index (χ4n) is 2.03. The molecule has 4 heteroatoms. The second-order valence-corrected chi connectivity index (χ2v) is 6.34. The van der Waals surface area contributed by atoms with Crippen LogP contribution in [0.3, 0.4) is 0 Å². The van der Waals surface area contributed by atoms with E-state index in [9.17, 15) is 0 Å². The smallest absolute Gasteiger partial charge is 0.0746 e. The van der Waals surface area contributed by atoms with Gasteiger partial charge in [0.2, 0.25) is 0 Å². The molecule has 0 amide bonds. The Morgan fingerprint density at radius 3 is 1.72 bits per heavy atom. The molecule has 0 radical (unpaired) electrons. The van der Waals surface area contributed by atoms with Crippen LogP contribution in [0, 0.1) is 11.8 Å². The zero-order valence-corrected chi connectivity index (χ0v) is 13.0. The molecule has 0 heterocycles. The number of benzene rings is 1. The summed E-state index contributed by atoms with van der Waals surface area (Å²) in [6.07, 6.45) is 0. The number of rotatable bonds is 5. The first-order valence-corrected chi connectivity index (χ1v) is 7.06. The fraction of sp³-hybridized carbons (Fsp3) is 0.571. The molecule has 0 atom stereocenters. The van der Waals surface area contributed by atoms with Crippen LogP contribution in [0.25, 0.3) is 0 Å². The molecular formula is C14H22Cl2N2. The highest BCUT2D eigenvalue weighted by Gasteiger charge is 2.17. The van der Waals surface area contributed by atoms with Gasteiger partial charge in [-0.2, -0.15) is 0 Å². The van der Waals surface area contributed by atoms with Gasteiger partial charge in [-0.05, 0) is 24.0 Å². The van der Waals surface area contributed by atoms with Crippen LogP contribution in [0.1, 0.15) is 27.7 Å². The van der Waals surface area contributed by atoms with Gasteiger partial charge in [0, 0.05) is 18.8 Å². The lowest BCUT2D eigenvalue weighted by Gasteiger charge is -2.30. The number of nitrogens with zero attached hydrogens (tertiary/aromatic N) is 1. The summed E-state index contributed by atoms with van der Waals surface area (Å²) in [5.74, 6) is 1.10. The minimum Gasteiger partial charge on any atom is -0.399 e. The van der Waals surface area contributed by atoms with Crippen molar-refractivity contribution in [2.75, 3.05) is 23.7 Å². The van der Waals surface area contributed by atoms with Gasteiger partial charge >= 0.3 is 0 Å². The molecule has 0 spiro atoms. The summed E-state index contributed by atoms with van der Waals surface area (Å²) in [5, 5.41) is 1.25. The number of hydrogen-bond donors (Lipinski definition) is 1. The third-order valence-corrected chi connectivity index (χ3v) is 3.10. The first-order chi connectivity index (χ1) is 8.31. The third kappa shape index (κ3) is 4.25. The fourth-order valence-corrected chi connectivity index (χ4v) is 2.77. The molecule has 1 aromatic rings. The van der Waals surface area contributed by atoms with Crippen molar-refractivity contribution in [3.63, 3.8) is 0 Å². The van der Waals surface area contributed by atoms with Crippen LogP contribution in [-0.2, 0) is 0 Å². The van der Waals surface area contributed by atoms with Gasteiger partial charge in [-0.25, -0.2) is 0 Å². The standard InChI is InChI=1S/C14H22Cl2N2/c1-9(2)7-18(8-10(3)4)14-12(15)5-11(17)6-13(14)16/h5-6,9-10H,7-8,17H2,1-4H3. The summed E-state index contributed by atoms with van der Waals surface area (Å²) in [7, 11) is 0. The van der Waals surface area contributed by atoms with Crippen LogP contribution in [0.15, 0.2) is 12.1 Å². The summed E-state index contributed by atoms with van der Waals surface area (Å²) >= 11 is 12.6. The predicted molar refractivity (Wildman–Crippen MR) is 82.8 cm³/mol. The molecule has 1 rings (SSSR count). The Kier molecular flexibility index (Phi) is 5.61. The average molecular weight is 289 g/mol. The molecule has 0 aliphatic heterocycles. The quantitative estimate of drug-likeness (QED) is 0.796. The van der Waals surface area contributed by atoms with Gasteiger partial charge in [-0.3, -0.25) is 0 Å². The van der Waals surface area contributed by atoms with Gasteiger partial charge in [-0.1, -0.05) is 50.9 Å². The van der Waals surface area contributed by atoms with Gasteiger partial charge in [-0.15, -0.1) is 0 Å². The zero-order chi connectivity index (χ0) is 13.9. The summed E-state index contributed by atoms with van der Waals surface area (Å²) < 4.78 is 0. The van der Waals surface area contributed by atoms with E-state index in [-0.39, 0.29) is 0 Å². The Morgan fingerprint density at radius 1 is 1.00 bits per heavy atom. The summed E-state index contributed by atoms with van der Waals surface area (Å²) in [4.78, 5) is 2.25. The molecule has 0 aromatic heterocycles. The lowest BCUT2D eigenvalue weighted by atomic mass is 10.1. The molecule has 0 aliphatic rings. The Morgan fingerprint density at radius 2 is 1.39 bits per heavy atom. The van der Waals surface area contributed by atoms with E-state index in [4.69, 9.17) is 28.9 Å². The predicted octanol–water partition coefficient (Wildman–Crippen LogP) is 4.69. The van der Waals surface area contributed by atoms with Crippen LogP contribution in [0.2, 0.25) is 10.0 Å². The summed E-state index contributed by atoms with van der Waals surface area (Å²) in [5.41, 5.74) is 7.24. The largest absolute Gasteiger partial charge is 0.399 e. The van der Waals surface area contributed by atoms with Crippen LogP contribution in [-0.4, -0.2) is 13.1 Å². The molecule has 2 nitrogen and oxygen atoms in total. The summed E-state index contributed by atoms with van der Waals surface area (Å²) in [6, 6.07) is 3.52. The van der Waals surface area contributed by atoms with Crippen LogP contribution >= 0.6 is 23.2 Å². The van der Waals surface area contributed by atoms with Gasteiger partial charge in [0.1, 0.15) is 0 Å². The Bertz CT molecular complexity index is 370. The number of nitrogen functional groups attached to an aromatic ring is 1. The van der Waals surface area contributed by atoms with Crippen molar-refractivity contribution in [1.82, 2.24) is 0 Å². The lowest BCUT2D eigenvalue weighted by molar-refractivity contribution is 0.553. The van der Waals surface area contributed by atoms with E-state index in [0.717, 1.165) is 18.8 Å². The highest BCUT2D eigenvalue weighted by molar-refractivity contribution is 6.39. The van der Waals surface area contributed by atoms with Crippen molar-refractivity contribution >= 4 is 34.6 Å². The number of anilines is 2. The molecule has 0 aliphatic carbocycles. The number of hydrogen-bond acceptors (Lipinski definition) is 2. The SMILES string of the molecule is CC(C)CN(CC(C)C)c1c(Cl)cc(N)cc1Cl. The average Bonchev–Trinajstić information content (AvgIpc) is 2.12. The van der Waals surface area contributed by atoms with E-state index in [0.29, 0.717) is 27.6 Å². The van der Waals surface area contributed by atoms with E-state index < -0.39 is 0 Å². The zero-order valence-electron chi connectivity index (χ0n) is 11.5. The van der Waals surface area contributed by atoms with Gasteiger partial charge < -0.3 is 10.6 Å². The molecule has 0 fully saturated rings. The maximum Gasteiger partial charge on any atom is 0.0746 e. The van der Waals surface area contributed by atoms with E-state index in [2.05, 4.69) is 32.6 Å².